The normalized spacial score (nSPS) is 10.8. The fraction of sp³-hybridized carbons (Fsp3) is 0.156. The topological polar surface area (TPSA) is 91.2 Å². The number of pyridine rings is 2. The van der Waals surface area contributed by atoms with Crippen LogP contribution in [0.1, 0.15) is 21.7 Å². The van der Waals surface area contributed by atoms with Crippen LogP contribution in [-0.2, 0) is 4.79 Å². The fourth-order valence-corrected chi connectivity index (χ4v) is 4.45. The summed E-state index contributed by atoms with van der Waals surface area (Å²) in [5.74, 6) is 0.335. The van der Waals surface area contributed by atoms with Crippen molar-refractivity contribution in [2.24, 2.45) is 0 Å². The number of ether oxygens (including phenoxy) is 3. The van der Waals surface area contributed by atoms with Crippen LogP contribution in [0, 0.1) is 13.8 Å². The summed E-state index contributed by atoms with van der Waals surface area (Å²) in [6.45, 7) is 4.57. The number of nitrogens with zero attached hydrogens (tertiary/aromatic N) is 2. The van der Waals surface area contributed by atoms with Crippen molar-refractivity contribution in [3.63, 3.8) is 0 Å². The van der Waals surface area contributed by atoms with E-state index >= 15 is 0 Å². The first kappa shape index (κ1) is 26.5. The van der Waals surface area contributed by atoms with E-state index in [9.17, 15) is 9.59 Å². The largest absolute Gasteiger partial charge is 0.495 e. The first-order valence-corrected chi connectivity index (χ1v) is 12.8. The second-order valence-electron chi connectivity index (χ2n) is 9.27. The van der Waals surface area contributed by atoms with Gasteiger partial charge in [-0.3, -0.25) is 9.59 Å². The molecular weight excluding hydrogens is 506 g/mol. The van der Waals surface area contributed by atoms with Gasteiger partial charge < -0.3 is 23.9 Å². The van der Waals surface area contributed by atoms with E-state index in [1.807, 2.05) is 74.5 Å². The Morgan fingerprint density at radius 1 is 0.850 bits per heavy atom. The molecule has 1 amide bonds. The summed E-state index contributed by atoms with van der Waals surface area (Å²) in [6.07, 6.45) is 1.70. The Balaban J connectivity index is 1.26. The monoisotopic (exact) mass is 535 g/mol. The van der Waals surface area contributed by atoms with Crippen LogP contribution < -0.4 is 19.5 Å². The summed E-state index contributed by atoms with van der Waals surface area (Å²) in [6, 6.07) is 25.7. The summed E-state index contributed by atoms with van der Waals surface area (Å²) >= 11 is 0. The molecule has 0 unspecified atom stereocenters. The Kier molecular flexibility index (Phi) is 7.77. The van der Waals surface area contributed by atoms with Crippen LogP contribution >= 0.6 is 0 Å². The minimum absolute atomic E-state index is 0.260. The number of Topliss-reactive ketones (excluding diaryl/α,β-unsaturated/α-hetero) is 1. The number of amides is 1. The zero-order chi connectivity index (χ0) is 28.1. The number of fused-ring (bicyclic) bond motifs is 1. The van der Waals surface area contributed by atoms with E-state index in [4.69, 9.17) is 14.2 Å². The molecule has 0 aliphatic carbocycles. The van der Waals surface area contributed by atoms with Gasteiger partial charge in [-0.15, -0.1) is 0 Å². The van der Waals surface area contributed by atoms with Gasteiger partial charge in [-0.2, -0.15) is 0 Å². The number of hydrogen-bond acceptors (Lipinski definition) is 6. The maximum Gasteiger partial charge on any atom is 0.298 e. The van der Waals surface area contributed by atoms with E-state index in [-0.39, 0.29) is 5.69 Å². The molecule has 0 saturated carbocycles. The highest BCUT2D eigenvalue weighted by atomic mass is 16.5. The van der Waals surface area contributed by atoms with Gasteiger partial charge in [0.25, 0.3) is 11.7 Å². The van der Waals surface area contributed by atoms with Crippen LogP contribution in [0.5, 0.6) is 17.4 Å². The van der Waals surface area contributed by atoms with Crippen molar-refractivity contribution in [3.05, 3.63) is 108 Å². The lowest BCUT2D eigenvalue weighted by molar-refractivity contribution is -0.112. The van der Waals surface area contributed by atoms with Gasteiger partial charge in [-0.25, -0.2) is 4.98 Å². The first-order chi connectivity index (χ1) is 19.4. The Labute approximate surface area is 232 Å². The predicted molar refractivity (Wildman–Crippen MR) is 153 cm³/mol. The quantitative estimate of drug-likeness (QED) is 0.136. The van der Waals surface area contributed by atoms with Gasteiger partial charge >= 0.3 is 0 Å². The van der Waals surface area contributed by atoms with Gasteiger partial charge in [-0.05, 0) is 73.5 Å². The van der Waals surface area contributed by atoms with Gasteiger partial charge in [0.1, 0.15) is 30.4 Å². The Hall–Kier alpha value is -5.11. The third-order valence-corrected chi connectivity index (χ3v) is 6.27. The molecule has 8 nitrogen and oxygen atoms in total. The number of aromatic nitrogens is 2. The van der Waals surface area contributed by atoms with E-state index < -0.39 is 11.7 Å². The van der Waals surface area contributed by atoms with Crippen LogP contribution in [0.25, 0.3) is 16.6 Å². The zero-order valence-corrected chi connectivity index (χ0v) is 22.5. The smallest absolute Gasteiger partial charge is 0.298 e. The fourth-order valence-electron chi connectivity index (χ4n) is 4.45. The molecule has 5 rings (SSSR count). The number of rotatable bonds is 10. The zero-order valence-electron chi connectivity index (χ0n) is 22.5. The molecule has 40 heavy (non-hydrogen) atoms. The van der Waals surface area contributed by atoms with Gasteiger partial charge in [0.05, 0.1) is 13.3 Å². The number of ketones is 1. The Morgan fingerprint density at radius 3 is 2.30 bits per heavy atom. The van der Waals surface area contributed by atoms with E-state index in [0.29, 0.717) is 41.8 Å². The third kappa shape index (κ3) is 5.96. The van der Waals surface area contributed by atoms with Crippen molar-refractivity contribution in [3.8, 4) is 28.5 Å². The van der Waals surface area contributed by atoms with Gasteiger partial charge in [0.2, 0.25) is 5.88 Å². The summed E-state index contributed by atoms with van der Waals surface area (Å²) in [5, 5.41) is 2.71. The van der Waals surface area contributed by atoms with Crippen molar-refractivity contribution in [1.29, 1.82) is 0 Å². The van der Waals surface area contributed by atoms with Gasteiger partial charge in [-0.1, -0.05) is 30.3 Å². The predicted octanol–water partition coefficient (Wildman–Crippen LogP) is 5.91. The Bertz CT molecular complexity index is 1640. The van der Waals surface area contributed by atoms with Crippen LogP contribution in [0.2, 0.25) is 0 Å². The average Bonchev–Trinajstić information content (AvgIpc) is 3.34. The molecule has 0 radical (unpaired) electrons. The van der Waals surface area contributed by atoms with Crippen molar-refractivity contribution in [2.75, 3.05) is 25.6 Å². The minimum atomic E-state index is -0.747. The number of nitrogens with one attached hydrogen (secondary N) is 1. The number of benzene rings is 2. The van der Waals surface area contributed by atoms with E-state index in [1.165, 1.54) is 0 Å². The molecule has 3 heterocycles. The molecule has 3 aromatic heterocycles. The maximum absolute atomic E-state index is 13.5. The second kappa shape index (κ2) is 11.7. The molecule has 0 spiro atoms. The molecular formula is C32H29N3O5. The minimum Gasteiger partial charge on any atom is -0.495 e. The standard InChI is InChI=1S/C32H29N3O5/c1-21-17-22(2)33-29(18-21)40-16-15-39-26-12-9-24(10-13-26)34-32(37)31(36)30-28(23-7-5-4-6-8-23)19-25-11-14-27(38-3)20-35(25)30/h4-14,17-20H,15-16H2,1-3H3,(H,34,37). The molecule has 0 aliphatic rings. The van der Waals surface area contributed by atoms with Crippen molar-refractivity contribution in [1.82, 2.24) is 9.38 Å². The van der Waals surface area contributed by atoms with Crippen LogP contribution in [0.3, 0.4) is 0 Å². The number of aryl methyl sites for hydroxylation is 2. The number of carbonyl (C=O) groups is 2. The third-order valence-electron chi connectivity index (χ3n) is 6.27. The van der Waals surface area contributed by atoms with Crippen molar-refractivity contribution >= 4 is 22.9 Å². The summed E-state index contributed by atoms with van der Waals surface area (Å²) < 4.78 is 18.5. The molecule has 0 aliphatic heterocycles. The lowest BCUT2D eigenvalue weighted by atomic mass is 10.0. The van der Waals surface area contributed by atoms with Crippen LogP contribution in [0.4, 0.5) is 5.69 Å². The van der Waals surface area contributed by atoms with Crippen LogP contribution in [0.15, 0.2) is 91.1 Å². The molecule has 8 heteroatoms. The molecule has 1 N–H and O–H groups in total. The van der Waals surface area contributed by atoms with Gasteiger partial charge in [0.15, 0.2) is 0 Å². The van der Waals surface area contributed by atoms with E-state index in [1.54, 1.807) is 42.0 Å². The highest BCUT2D eigenvalue weighted by molar-refractivity contribution is 6.47. The molecule has 0 saturated heterocycles. The highest BCUT2D eigenvalue weighted by Crippen LogP contribution is 2.30. The lowest BCUT2D eigenvalue weighted by Crippen LogP contribution is -2.24. The molecule has 2 aromatic carbocycles. The number of anilines is 1. The maximum atomic E-state index is 13.5. The summed E-state index contributed by atoms with van der Waals surface area (Å²) in [4.78, 5) is 31.0. The van der Waals surface area contributed by atoms with Crippen molar-refractivity contribution < 1.29 is 23.8 Å². The Morgan fingerprint density at radius 2 is 1.57 bits per heavy atom. The SMILES string of the molecule is COc1ccc2cc(-c3ccccc3)c(C(=O)C(=O)Nc3ccc(OCCOc4cc(C)cc(C)n4)cc3)n2c1. The highest BCUT2D eigenvalue weighted by Gasteiger charge is 2.25. The molecule has 5 aromatic rings. The number of hydrogen-bond donors (Lipinski definition) is 1. The molecule has 0 bridgehead atoms. The van der Waals surface area contributed by atoms with Crippen LogP contribution in [-0.4, -0.2) is 41.4 Å². The van der Waals surface area contributed by atoms with Crippen molar-refractivity contribution in [2.45, 2.75) is 13.8 Å². The van der Waals surface area contributed by atoms with E-state index in [0.717, 1.165) is 22.3 Å². The molecule has 0 fully saturated rings. The van der Waals surface area contributed by atoms with E-state index in [2.05, 4.69) is 10.3 Å². The molecule has 0 atom stereocenters. The lowest BCUT2D eigenvalue weighted by Gasteiger charge is -2.10. The second-order valence-corrected chi connectivity index (χ2v) is 9.27. The molecule has 202 valence electrons. The summed E-state index contributed by atoms with van der Waals surface area (Å²) in [5.41, 5.74) is 4.98. The van der Waals surface area contributed by atoms with Gasteiger partial charge in [0, 0.05) is 28.5 Å². The summed E-state index contributed by atoms with van der Waals surface area (Å²) in [7, 11) is 1.56. The first-order valence-electron chi connectivity index (χ1n) is 12.8. The average molecular weight is 536 g/mol. The number of carbonyl (C=O) groups excluding carboxylic acids is 2. The number of methoxy groups -OCH3 is 1.